The van der Waals surface area contributed by atoms with Gasteiger partial charge in [-0.25, -0.2) is 4.98 Å². The van der Waals surface area contributed by atoms with Gasteiger partial charge in [-0.3, -0.25) is 9.59 Å². The lowest BCUT2D eigenvalue weighted by atomic mass is 10.1. The fraction of sp³-hybridized carbons (Fsp3) is 0.500. The molecule has 1 atom stereocenters. The van der Waals surface area contributed by atoms with Gasteiger partial charge in [0.05, 0.1) is 6.42 Å². The molecule has 1 unspecified atom stereocenters. The molecule has 0 bridgehead atoms. The van der Waals surface area contributed by atoms with Crippen LogP contribution in [0, 0.1) is 0 Å². The number of aromatic nitrogens is 1. The quantitative estimate of drug-likeness (QED) is 0.853. The van der Waals surface area contributed by atoms with Gasteiger partial charge in [-0.15, -0.1) is 0 Å². The fourth-order valence-electron chi connectivity index (χ4n) is 1.98. The van der Waals surface area contributed by atoms with Gasteiger partial charge < -0.3 is 14.9 Å². The molecular weight excluding hydrogens is 258 g/mol. The van der Waals surface area contributed by atoms with Crippen molar-refractivity contribution in [2.45, 2.75) is 26.3 Å². The number of anilines is 1. The summed E-state index contributed by atoms with van der Waals surface area (Å²) >= 11 is 0. The van der Waals surface area contributed by atoms with Crippen molar-refractivity contribution in [3.63, 3.8) is 0 Å². The van der Waals surface area contributed by atoms with E-state index in [1.54, 1.807) is 30.2 Å². The SMILES string of the molecule is CCN(C(=O)c1ccnc(N(C)C)c1)C(C)CC(=O)O. The Morgan fingerprint density at radius 3 is 2.55 bits per heavy atom. The number of carboxylic acid groups (broad SMARTS) is 1. The zero-order chi connectivity index (χ0) is 15.3. The predicted octanol–water partition coefficient (Wildman–Crippen LogP) is 1.47. The summed E-state index contributed by atoms with van der Waals surface area (Å²) in [6.45, 7) is 4.04. The third-order valence-electron chi connectivity index (χ3n) is 3.05. The number of rotatable bonds is 6. The lowest BCUT2D eigenvalue weighted by Crippen LogP contribution is -2.39. The fourth-order valence-corrected chi connectivity index (χ4v) is 1.98. The van der Waals surface area contributed by atoms with E-state index in [2.05, 4.69) is 4.98 Å². The smallest absolute Gasteiger partial charge is 0.305 e. The first-order valence-corrected chi connectivity index (χ1v) is 6.53. The second kappa shape index (κ2) is 6.88. The van der Waals surface area contributed by atoms with Crippen molar-refractivity contribution in [2.24, 2.45) is 0 Å². The molecule has 1 rings (SSSR count). The largest absolute Gasteiger partial charge is 0.481 e. The molecule has 1 heterocycles. The minimum absolute atomic E-state index is 0.0643. The summed E-state index contributed by atoms with van der Waals surface area (Å²) in [5.41, 5.74) is 0.516. The number of amides is 1. The molecule has 6 nitrogen and oxygen atoms in total. The van der Waals surface area contributed by atoms with Crippen LogP contribution in [0.1, 0.15) is 30.6 Å². The maximum absolute atomic E-state index is 12.5. The molecule has 1 N–H and O–H groups in total. The van der Waals surface area contributed by atoms with Crippen molar-refractivity contribution in [1.82, 2.24) is 9.88 Å². The van der Waals surface area contributed by atoms with Crippen LogP contribution in [-0.4, -0.2) is 53.5 Å². The topological polar surface area (TPSA) is 73.7 Å². The van der Waals surface area contributed by atoms with Crippen LogP contribution in [0.4, 0.5) is 5.82 Å². The molecule has 0 saturated heterocycles. The van der Waals surface area contributed by atoms with Gasteiger partial charge in [0.1, 0.15) is 5.82 Å². The Balaban J connectivity index is 2.96. The average Bonchev–Trinajstić information content (AvgIpc) is 2.38. The van der Waals surface area contributed by atoms with E-state index in [0.29, 0.717) is 17.9 Å². The third kappa shape index (κ3) is 3.94. The molecular formula is C14H21N3O3. The zero-order valence-electron chi connectivity index (χ0n) is 12.3. The molecule has 1 aromatic rings. The van der Waals surface area contributed by atoms with E-state index >= 15 is 0 Å². The molecule has 0 aliphatic carbocycles. The van der Waals surface area contributed by atoms with Gasteiger partial charge in [-0.1, -0.05) is 0 Å². The summed E-state index contributed by atoms with van der Waals surface area (Å²) < 4.78 is 0. The van der Waals surface area contributed by atoms with Crippen LogP contribution in [0.2, 0.25) is 0 Å². The van der Waals surface area contributed by atoms with Crippen LogP contribution in [-0.2, 0) is 4.79 Å². The molecule has 0 aliphatic rings. The molecule has 20 heavy (non-hydrogen) atoms. The number of aliphatic carboxylic acids is 1. The number of hydrogen-bond acceptors (Lipinski definition) is 4. The normalized spacial score (nSPS) is 11.8. The first-order valence-electron chi connectivity index (χ1n) is 6.53. The van der Waals surface area contributed by atoms with Crippen LogP contribution < -0.4 is 4.90 Å². The van der Waals surface area contributed by atoms with E-state index in [-0.39, 0.29) is 18.4 Å². The molecule has 0 aromatic carbocycles. The van der Waals surface area contributed by atoms with Crippen LogP contribution in [0.3, 0.4) is 0 Å². The molecule has 0 fully saturated rings. The lowest BCUT2D eigenvalue weighted by Gasteiger charge is -2.27. The van der Waals surface area contributed by atoms with E-state index in [0.717, 1.165) is 0 Å². The van der Waals surface area contributed by atoms with E-state index in [1.165, 1.54) is 0 Å². The molecule has 0 saturated carbocycles. The Kier molecular flexibility index (Phi) is 5.49. The monoisotopic (exact) mass is 279 g/mol. The second-order valence-electron chi connectivity index (χ2n) is 4.84. The van der Waals surface area contributed by atoms with Gasteiger partial charge in [0.2, 0.25) is 0 Å². The number of pyridine rings is 1. The van der Waals surface area contributed by atoms with Crippen LogP contribution in [0.15, 0.2) is 18.3 Å². The molecule has 0 aliphatic heterocycles. The van der Waals surface area contributed by atoms with Crippen molar-refractivity contribution >= 4 is 17.7 Å². The van der Waals surface area contributed by atoms with Gasteiger partial charge >= 0.3 is 5.97 Å². The maximum atomic E-state index is 12.5. The summed E-state index contributed by atoms with van der Waals surface area (Å²) in [4.78, 5) is 30.8. The van der Waals surface area contributed by atoms with Crippen molar-refractivity contribution in [2.75, 3.05) is 25.5 Å². The van der Waals surface area contributed by atoms with Crippen LogP contribution in [0.25, 0.3) is 0 Å². The van der Waals surface area contributed by atoms with Crippen molar-refractivity contribution in [3.8, 4) is 0 Å². The van der Waals surface area contributed by atoms with Gasteiger partial charge in [-0.2, -0.15) is 0 Å². The summed E-state index contributed by atoms with van der Waals surface area (Å²) in [5, 5.41) is 8.84. The first kappa shape index (κ1) is 15.9. The maximum Gasteiger partial charge on any atom is 0.305 e. The lowest BCUT2D eigenvalue weighted by molar-refractivity contribution is -0.138. The Hall–Kier alpha value is -2.11. The van der Waals surface area contributed by atoms with Crippen LogP contribution in [0.5, 0.6) is 0 Å². The number of hydrogen-bond donors (Lipinski definition) is 1. The van der Waals surface area contributed by atoms with E-state index in [1.807, 2.05) is 25.9 Å². The summed E-state index contributed by atoms with van der Waals surface area (Å²) in [6.07, 6.45) is 1.52. The molecule has 110 valence electrons. The summed E-state index contributed by atoms with van der Waals surface area (Å²) in [7, 11) is 3.70. The van der Waals surface area contributed by atoms with Gasteiger partial charge in [0, 0.05) is 38.4 Å². The van der Waals surface area contributed by atoms with Crippen molar-refractivity contribution < 1.29 is 14.7 Å². The zero-order valence-corrected chi connectivity index (χ0v) is 12.3. The number of carboxylic acids is 1. The molecule has 1 amide bonds. The molecule has 6 heteroatoms. The number of nitrogens with zero attached hydrogens (tertiary/aromatic N) is 3. The summed E-state index contributed by atoms with van der Waals surface area (Å²) in [6, 6.07) is 3.00. The number of carbonyl (C=O) groups excluding carboxylic acids is 1. The predicted molar refractivity (Wildman–Crippen MR) is 77.0 cm³/mol. The first-order chi connectivity index (χ1) is 9.36. The molecule has 0 spiro atoms. The highest BCUT2D eigenvalue weighted by molar-refractivity contribution is 5.95. The average molecular weight is 279 g/mol. The third-order valence-corrected chi connectivity index (χ3v) is 3.05. The van der Waals surface area contributed by atoms with E-state index in [9.17, 15) is 9.59 Å². The highest BCUT2D eigenvalue weighted by atomic mass is 16.4. The second-order valence-corrected chi connectivity index (χ2v) is 4.84. The standard InChI is InChI=1S/C14H21N3O3/c1-5-17(10(2)8-13(18)19)14(20)11-6-7-15-12(9-11)16(3)4/h6-7,9-10H,5,8H2,1-4H3,(H,18,19). The minimum atomic E-state index is -0.910. The Morgan fingerprint density at radius 1 is 1.40 bits per heavy atom. The van der Waals surface area contributed by atoms with E-state index in [4.69, 9.17) is 5.11 Å². The number of carbonyl (C=O) groups is 2. The molecule has 1 aromatic heterocycles. The van der Waals surface area contributed by atoms with E-state index < -0.39 is 5.97 Å². The Bertz CT molecular complexity index is 488. The van der Waals surface area contributed by atoms with Crippen molar-refractivity contribution in [1.29, 1.82) is 0 Å². The highest BCUT2D eigenvalue weighted by Gasteiger charge is 2.22. The molecule has 0 radical (unpaired) electrons. The van der Waals surface area contributed by atoms with Gasteiger partial charge in [0.15, 0.2) is 0 Å². The Morgan fingerprint density at radius 2 is 2.05 bits per heavy atom. The van der Waals surface area contributed by atoms with Crippen LogP contribution >= 0.6 is 0 Å². The summed E-state index contributed by atoms with van der Waals surface area (Å²) in [5.74, 6) is -0.392. The Labute approximate surface area is 119 Å². The highest BCUT2D eigenvalue weighted by Crippen LogP contribution is 2.14. The van der Waals surface area contributed by atoms with Gasteiger partial charge in [-0.05, 0) is 26.0 Å². The minimum Gasteiger partial charge on any atom is -0.481 e. The van der Waals surface area contributed by atoms with Gasteiger partial charge in [0.25, 0.3) is 5.91 Å². The van der Waals surface area contributed by atoms with Crippen molar-refractivity contribution in [3.05, 3.63) is 23.9 Å².